The van der Waals surface area contributed by atoms with E-state index < -0.39 is 26.5 Å². The molecule has 276 valence electrons. The molecule has 0 radical (unpaired) electrons. The summed E-state index contributed by atoms with van der Waals surface area (Å²) in [6.45, 7) is 3.25. The number of carbonyl (C=O) groups is 2. The van der Waals surface area contributed by atoms with E-state index in [0.717, 1.165) is 83.5 Å². The first kappa shape index (κ1) is 45.7. The minimum atomic E-state index is -4.40. The predicted octanol–water partition coefficient (Wildman–Crippen LogP) is 9.37. The lowest BCUT2D eigenvalue weighted by Gasteiger charge is -2.15. The molecule has 0 bridgehead atoms. The van der Waals surface area contributed by atoms with Gasteiger partial charge in [-0.05, 0) is 57.8 Å². The van der Waals surface area contributed by atoms with Crippen LogP contribution < -0.4 is 5.32 Å². The molecule has 2 atom stereocenters. The van der Waals surface area contributed by atoms with E-state index >= 15 is 0 Å². The summed E-state index contributed by atoms with van der Waals surface area (Å²) >= 11 is 0. The molecule has 48 heavy (non-hydrogen) atoms. The van der Waals surface area contributed by atoms with Crippen molar-refractivity contribution in [1.82, 2.24) is 5.32 Å². The number of allylic oxidation sites excluding steroid dienone is 10. The van der Waals surface area contributed by atoms with Crippen LogP contribution in [-0.4, -0.2) is 54.3 Å². The fourth-order valence-corrected chi connectivity index (χ4v) is 5.22. The Morgan fingerprint density at radius 2 is 1.19 bits per heavy atom. The number of hydrogen-bond acceptors (Lipinski definition) is 7. The molecule has 1 amide bonds. The smallest absolute Gasteiger partial charge is 0.463 e. The van der Waals surface area contributed by atoms with Gasteiger partial charge in [-0.15, -0.1) is 0 Å². The first-order chi connectivity index (χ1) is 23.3. The molecular weight excluding hydrogens is 629 g/mol. The number of phosphoric ester groups is 1. The van der Waals surface area contributed by atoms with Crippen molar-refractivity contribution in [3.05, 3.63) is 60.8 Å². The zero-order chi connectivity index (χ0) is 35.4. The Morgan fingerprint density at radius 3 is 1.79 bits per heavy atom. The topological polar surface area (TPSA) is 131 Å². The van der Waals surface area contributed by atoms with Crippen molar-refractivity contribution in [3.63, 3.8) is 0 Å². The molecule has 0 saturated heterocycles. The maximum atomic E-state index is 12.0. The molecule has 0 aromatic rings. The number of nitrogens with one attached hydrogen (secondary N) is 1. The highest BCUT2D eigenvalue weighted by Crippen LogP contribution is 2.42. The Balaban J connectivity index is 3.61. The monoisotopic (exact) mass is 695 g/mol. The van der Waals surface area contributed by atoms with Gasteiger partial charge in [0.05, 0.1) is 13.2 Å². The lowest BCUT2D eigenvalue weighted by molar-refractivity contribution is -0.147. The number of rotatable bonds is 33. The van der Waals surface area contributed by atoms with Crippen molar-refractivity contribution in [2.24, 2.45) is 0 Å². The molecule has 9 nitrogen and oxygen atoms in total. The fourth-order valence-electron chi connectivity index (χ4n) is 4.46. The van der Waals surface area contributed by atoms with Crippen molar-refractivity contribution >= 4 is 19.7 Å². The highest BCUT2D eigenvalue weighted by Gasteiger charge is 2.23. The van der Waals surface area contributed by atoms with Crippen LogP contribution in [0.3, 0.4) is 0 Å². The van der Waals surface area contributed by atoms with Crippen LogP contribution in [0, 0.1) is 0 Å². The number of phosphoric acid groups is 1. The van der Waals surface area contributed by atoms with Crippen LogP contribution in [0.1, 0.15) is 136 Å². The summed E-state index contributed by atoms with van der Waals surface area (Å²) in [5.74, 6) is -0.552. The number of ether oxygens (including phenoxy) is 1. The molecular formula is C38H66NO8P. The van der Waals surface area contributed by atoms with Gasteiger partial charge in [-0.25, -0.2) is 4.57 Å². The number of carbonyl (C=O) groups excluding carboxylic acids is 2. The summed E-state index contributed by atoms with van der Waals surface area (Å²) in [7, 11) is -4.40. The van der Waals surface area contributed by atoms with Gasteiger partial charge in [0.1, 0.15) is 12.7 Å². The standard InChI is InChI=1S/C38H66NO8P/c1-3-5-7-9-10-11-12-13-14-15-16-17-18-19-20-21-22-23-24-25-26-27-28-30-37(41)39-32-33-46-48(43,44)47-35-36(40)34-45-38(42)31-29-8-6-4-2/h5,7,10-11,13-14,16-17,19-20,36,40H,3-4,6,8-9,12,15,18,21-35H2,1-2H3,(H,39,41)(H,43,44)/b7-5-,11-10-,14-13-,17-16-,20-19-. The van der Waals surface area contributed by atoms with Gasteiger partial charge >= 0.3 is 13.8 Å². The average molecular weight is 696 g/mol. The molecule has 2 unspecified atom stereocenters. The minimum Gasteiger partial charge on any atom is -0.463 e. The van der Waals surface area contributed by atoms with Crippen LogP contribution >= 0.6 is 7.82 Å². The summed E-state index contributed by atoms with van der Waals surface area (Å²) in [6, 6.07) is 0. The average Bonchev–Trinajstić information content (AvgIpc) is 3.07. The molecule has 0 fully saturated rings. The van der Waals surface area contributed by atoms with E-state index in [1.807, 2.05) is 0 Å². The van der Waals surface area contributed by atoms with Gasteiger partial charge in [0.15, 0.2) is 0 Å². The van der Waals surface area contributed by atoms with Gasteiger partial charge in [-0.2, -0.15) is 0 Å². The van der Waals surface area contributed by atoms with E-state index in [1.54, 1.807) is 0 Å². The molecule has 0 aromatic carbocycles. The summed E-state index contributed by atoms with van der Waals surface area (Å²) in [6.07, 6.45) is 39.3. The Kier molecular flexibility index (Phi) is 32.9. The SMILES string of the molecule is CC/C=C\C/C=C\C/C=C\C/C=C\C/C=C\CCCCCCCCCC(=O)NCCOP(=O)(O)OCC(O)COC(=O)CCCCCC. The third kappa shape index (κ3) is 35.0. The van der Waals surface area contributed by atoms with Crippen LogP contribution in [0.5, 0.6) is 0 Å². The molecule has 0 rings (SSSR count). The molecule has 0 spiro atoms. The Hall–Kier alpha value is -2.29. The third-order valence-electron chi connectivity index (χ3n) is 7.21. The van der Waals surface area contributed by atoms with E-state index in [-0.39, 0.29) is 32.1 Å². The Bertz CT molecular complexity index is 976. The summed E-state index contributed by atoms with van der Waals surface area (Å²) in [4.78, 5) is 33.4. The second kappa shape index (κ2) is 34.6. The number of aliphatic hydroxyl groups is 1. The maximum Gasteiger partial charge on any atom is 0.472 e. The van der Waals surface area contributed by atoms with Crippen LogP contribution in [0.4, 0.5) is 0 Å². The van der Waals surface area contributed by atoms with E-state index in [2.05, 4.69) is 79.9 Å². The number of unbranched alkanes of at least 4 members (excludes halogenated alkanes) is 10. The first-order valence-electron chi connectivity index (χ1n) is 18.3. The lowest BCUT2D eigenvalue weighted by Crippen LogP contribution is -2.27. The van der Waals surface area contributed by atoms with Gasteiger partial charge < -0.3 is 20.1 Å². The number of hydrogen-bond donors (Lipinski definition) is 3. The molecule has 0 aliphatic rings. The number of aliphatic hydroxyl groups excluding tert-OH is 1. The van der Waals surface area contributed by atoms with Crippen molar-refractivity contribution in [3.8, 4) is 0 Å². The molecule has 0 aromatic heterocycles. The molecule has 10 heteroatoms. The van der Waals surface area contributed by atoms with Gasteiger partial charge in [-0.3, -0.25) is 18.6 Å². The predicted molar refractivity (Wildman–Crippen MR) is 196 cm³/mol. The van der Waals surface area contributed by atoms with Gasteiger partial charge in [0.25, 0.3) is 0 Å². The highest BCUT2D eigenvalue weighted by molar-refractivity contribution is 7.47. The second-order valence-corrected chi connectivity index (χ2v) is 13.3. The van der Waals surface area contributed by atoms with Crippen molar-refractivity contribution in [2.45, 2.75) is 142 Å². The zero-order valence-electron chi connectivity index (χ0n) is 29.9. The lowest BCUT2D eigenvalue weighted by atomic mass is 10.1. The molecule has 0 heterocycles. The van der Waals surface area contributed by atoms with Crippen molar-refractivity contribution in [2.75, 3.05) is 26.4 Å². The maximum absolute atomic E-state index is 12.0. The van der Waals surface area contributed by atoms with E-state index in [1.165, 1.54) is 25.7 Å². The summed E-state index contributed by atoms with van der Waals surface area (Å²) in [5.41, 5.74) is 0. The minimum absolute atomic E-state index is 0.0723. The van der Waals surface area contributed by atoms with Crippen molar-refractivity contribution in [1.29, 1.82) is 0 Å². The molecule has 3 N–H and O–H groups in total. The number of amides is 1. The van der Waals surface area contributed by atoms with E-state index in [9.17, 15) is 24.2 Å². The highest BCUT2D eigenvalue weighted by atomic mass is 31.2. The van der Waals surface area contributed by atoms with Gasteiger partial charge in [-0.1, -0.05) is 126 Å². The van der Waals surface area contributed by atoms with Crippen LogP contribution in [0.2, 0.25) is 0 Å². The second-order valence-electron chi connectivity index (χ2n) is 11.8. The van der Waals surface area contributed by atoms with Crippen LogP contribution in [0.25, 0.3) is 0 Å². The molecule has 0 saturated carbocycles. The third-order valence-corrected chi connectivity index (χ3v) is 8.20. The summed E-state index contributed by atoms with van der Waals surface area (Å²) in [5, 5.41) is 12.5. The van der Waals surface area contributed by atoms with Crippen LogP contribution in [-0.2, 0) is 27.9 Å². The first-order valence-corrected chi connectivity index (χ1v) is 19.8. The van der Waals surface area contributed by atoms with E-state index in [0.29, 0.717) is 6.42 Å². The molecule has 0 aliphatic carbocycles. The quantitative estimate of drug-likeness (QED) is 0.0268. The van der Waals surface area contributed by atoms with Gasteiger partial charge in [0.2, 0.25) is 5.91 Å². The normalized spacial score (nSPS) is 14.2. The van der Waals surface area contributed by atoms with E-state index in [4.69, 9.17) is 13.8 Å². The van der Waals surface area contributed by atoms with Crippen molar-refractivity contribution < 1.29 is 37.9 Å². The summed E-state index contributed by atoms with van der Waals surface area (Å²) < 4.78 is 26.5. The van der Waals surface area contributed by atoms with Crippen LogP contribution in [0.15, 0.2) is 60.8 Å². The Morgan fingerprint density at radius 1 is 0.667 bits per heavy atom. The number of esters is 1. The van der Waals surface area contributed by atoms with Gasteiger partial charge in [0, 0.05) is 19.4 Å². The Labute approximate surface area is 291 Å². The zero-order valence-corrected chi connectivity index (χ0v) is 30.8. The molecule has 0 aliphatic heterocycles. The largest absolute Gasteiger partial charge is 0.472 e. The fraction of sp³-hybridized carbons (Fsp3) is 0.684.